The third kappa shape index (κ3) is 4.24. The van der Waals surface area contributed by atoms with E-state index in [0.717, 1.165) is 0 Å². The molecule has 0 bridgehead atoms. The maximum Gasteiger partial charge on any atom is 0.449 e. The van der Waals surface area contributed by atoms with E-state index in [-0.39, 0.29) is 18.9 Å². The number of aliphatic imine (C=N–C) groups is 1. The van der Waals surface area contributed by atoms with Crippen LogP contribution in [-0.4, -0.2) is 51.9 Å². The minimum absolute atomic E-state index is 0.00997. The van der Waals surface area contributed by atoms with Crippen molar-refractivity contribution in [1.29, 1.82) is 0 Å². The molecule has 0 saturated carbocycles. The highest BCUT2D eigenvalue weighted by Crippen LogP contribution is 2.22. The minimum Gasteiger partial charge on any atom is -0.343 e. The fraction of sp³-hybridized carbons (Fsp3) is 0.353. The fourth-order valence-corrected chi connectivity index (χ4v) is 2.99. The summed E-state index contributed by atoms with van der Waals surface area (Å²) in [6.07, 6.45) is -3.39. The largest absolute Gasteiger partial charge is 0.449 e. The molecule has 6 nitrogen and oxygen atoms in total. The van der Waals surface area contributed by atoms with Gasteiger partial charge in [-0.3, -0.25) is 9.79 Å². The first-order valence-corrected chi connectivity index (χ1v) is 8.53. The number of halogens is 4. The van der Waals surface area contributed by atoms with Gasteiger partial charge in [0, 0.05) is 19.3 Å². The summed E-state index contributed by atoms with van der Waals surface area (Å²) in [6.45, 7) is 3.30. The molecule has 1 unspecified atom stereocenters. The fourth-order valence-electron chi connectivity index (χ4n) is 2.78. The molecule has 1 aromatic heterocycles. The summed E-state index contributed by atoms with van der Waals surface area (Å²) < 4.78 is 39.1. The van der Waals surface area contributed by atoms with E-state index in [1.807, 2.05) is 0 Å². The molecule has 1 aliphatic heterocycles. The number of carbonyl (C=O) groups excluding carboxylic acids is 1. The van der Waals surface area contributed by atoms with Crippen LogP contribution in [0.2, 0.25) is 5.02 Å². The lowest BCUT2D eigenvalue weighted by Gasteiger charge is -2.23. The molecule has 1 aliphatic rings. The van der Waals surface area contributed by atoms with Crippen molar-refractivity contribution in [2.45, 2.75) is 26.1 Å². The number of carbonyl (C=O) groups is 1. The minimum atomic E-state index is -4.60. The van der Waals surface area contributed by atoms with Crippen molar-refractivity contribution < 1.29 is 18.0 Å². The summed E-state index contributed by atoms with van der Waals surface area (Å²) in [5, 5.41) is 2.60. The molecule has 0 spiro atoms. The van der Waals surface area contributed by atoms with Crippen LogP contribution in [-0.2, 0) is 0 Å². The van der Waals surface area contributed by atoms with Crippen LogP contribution in [0.25, 0.3) is 11.0 Å². The summed E-state index contributed by atoms with van der Waals surface area (Å²) >= 11 is 6.09. The molecule has 0 radical (unpaired) electrons. The van der Waals surface area contributed by atoms with E-state index >= 15 is 0 Å². The lowest BCUT2D eigenvalue weighted by molar-refractivity contribution is -0.0615. The molecule has 0 fully saturated rings. The number of hydrogen-bond acceptors (Lipinski definition) is 4. The van der Waals surface area contributed by atoms with Crippen LogP contribution in [0.3, 0.4) is 0 Å². The molecule has 27 heavy (non-hydrogen) atoms. The molecule has 144 valence electrons. The van der Waals surface area contributed by atoms with Crippen molar-refractivity contribution in [2.24, 2.45) is 4.99 Å². The summed E-state index contributed by atoms with van der Waals surface area (Å²) in [6, 6.07) is 4.37. The van der Waals surface area contributed by atoms with Crippen molar-refractivity contribution in [2.75, 3.05) is 13.1 Å². The van der Waals surface area contributed by atoms with Crippen molar-refractivity contribution in [3.63, 3.8) is 0 Å². The average Bonchev–Trinajstić information content (AvgIpc) is 3.03. The quantitative estimate of drug-likeness (QED) is 0.770. The zero-order valence-corrected chi connectivity index (χ0v) is 15.3. The molecule has 2 heterocycles. The second kappa shape index (κ2) is 7.22. The number of hydrogen-bond donors (Lipinski definition) is 2. The summed E-state index contributed by atoms with van der Waals surface area (Å²) in [4.78, 5) is 25.1. The van der Waals surface area contributed by atoms with Gasteiger partial charge in [-0.15, -0.1) is 0 Å². The highest BCUT2D eigenvalue weighted by Gasteiger charge is 2.36. The van der Waals surface area contributed by atoms with Gasteiger partial charge < -0.3 is 15.2 Å². The van der Waals surface area contributed by atoms with E-state index in [2.05, 4.69) is 20.3 Å². The number of aromatic nitrogens is 2. The summed E-state index contributed by atoms with van der Waals surface area (Å²) in [5.41, 5.74) is 1.61. The van der Waals surface area contributed by atoms with E-state index in [4.69, 9.17) is 11.6 Å². The number of rotatable bonds is 1. The molecular weight excluding hydrogens is 383 g/mol. The van der Waals surface area contributed by atoms with Crippen LogP contribution < -0.4 is 5.32 Å². The van der Waals surface area contributed by atoms with Crippen LogP contribution in [0.1, 0.15) is 24.5 Å². The molecule has 2 aromatic rings. The Kier molecular flexibility index (Phi) is 5.14. The van der Waals surface area contributed by atoms with Gasteiger partial charge in [0.25, 0.3) is 5.91 Å². The van der Waals surface area contributed by atoms with Crippen molar-refractivity contribution in [3.05, 3.63) is 40.8 Å². The summed E-state index contributed by atoms with van der Waals surface area (Å²) in [5.74, 6) is -1.45. The predicted octanol–water partition coefficient (Wildman–Crippen LogP) is 3.51. The molecule has 0 saturated heterocycles. The molecule has 2 N–H and O–H groups in total. The van der Waals surface area contributed by atoms with E-state index < -0.39 is 24.0 Å². The summed E-state index contributed by atoms with van der Waals surface area (Å²) in [7, 11) is 0. The third-order valence-electron chi connectivity index (χ3n) is 3.95. The lowest BCUT2D eigenvalue weighted by atomic mass is 10.2. The third-order valence-corrected chi connectivity index (χ3v) is 4.26. The second-order valence-electron chi connectivity index (χ2n) is 6.37. The van der Waals surface area contributed by atoms with Crippen molar-refractivity contribution in [1.82, 2.24) is 20.2 Å². The highest BCUT2D eigenvalue weighted by molar-refractivity contribution is 6.35. The van der Waals surface area contributed by atoms with E-state index in [1.165, 1.54) is 18.0 Å². The maximum absolute atomic E-state index is 13.0. The van der Waals surface area contributed by atoms with Gasteiger partial charge in [0.2, 0.25) is 5.84 Å². The van der Waals surface area contributed by atoms with Gasteiger partial charge in [0.15, 0.2) is 5.82 Å². The normalized spacial score (nSPS) is 20.8. The first kappa shape index (κ1) is 19.2. The Labute approximate surface area is 158 Å². The van der Waals surface area contributed by atoms with Crippen LogP contribution in [0.15, 0.2) is 35.0 Å². The van der Waals surface area contributed by atoms with Gasteiger partial charge in [-0.25, -0.2) is 4.98 Å². The van der Waals surface area contributed by atoms with Crippen LogP contribution in [0, 0.1) is 0 Å². The molecule has 1 amide bonds. The standard InChI is InChI=1S/C17H17ClF3N5O/c1-9-6-22-16(17(19,20)21)23-10(2)8-26(7-9)15(27)14-24-12-5-3-4-11(18)13(12)25-14/h3-6,10H,7-8H2,1-2H3,(H,22,23)(H,24,25)/b9-6+. The number of nitrogens with one attached hydrogen (secondary N) is 2. The smallest absolute Gasteiger partial charge is 0.343 e. The SMILES string of the molecule is C/C1=C\NC(C(F)(F)F)=NC(C)CN(C(=O)c2nc3c(Cl)cccc3[nH]2)C1. The molecule has 1 atom stereocenters. The number of imidazole rings is 1. The van der Waals surface area contributed by atoms with Gasteiger partial charge in [-0.2, -0.15) is 13.2 Å². The first-order chi connectivity index (χ1) is 12.6. The van der Waals surface area contributed by atoms with E-state index in [1.54, 1.807) is 25.1 Å². The van der Waals surface area contributed by atoms with Crippen molar-refractivity contribution >= 4 is 34.4 Å². The number of alkyl halides is 3. The molecule has 1 aromatic carbocycles. The number of benzene rings is 1. The Morgan fingerprint density at radius 1 is 1.37 bits per heavy atom. The number of amidine groups is 1. The number of amides is 1. The number of H-pyrrole nitrogens is 1. The molecule has 10 heteroatoms. The van der Waals surface area contributed by atoms with Gasteiger partial charge in [0.05, 0.1) is 16.6 Å². The Bertz CT molecular complexity index is 934. The van der Waals surface area contributed by atoms with Gasteiger partial charge in [-0.1, -0.05) is 17.7 Å². The van der Waals surface area contributed by atoms with Gasteiger partial charge in [0.1, 0.15) is 5.52 Å². The van der Waals surface area contributed by atoms with Crippen LogP contribution in [0.5, 0.6) is 0 Å². The predicted molar refractivity (Wildman–Crippen MR) is 96.9 cm³/mol. The van der Waals surface area contributed by atoms with Gasteiger partial charge in [-0.05, 0) is 31.6 Å². The van der Waals surface area contributed by atoms with E-state index in [9.17, 15) is 18.0 Å². The Morgan fingerprint density at radius 3 is 2.78 bits per heavy atom. The highest BCUT2D eigenvalue weighted by atomic mass is 35.5. The zero-order chi connectivity index (χ0) is 19.8. The Morgan fingerprint density at radius 2 is 2.11 bits per heavy atom. The van der Waals surface area contributed by atoms with Crippen LogP contribution in [0.4, 0.5) is 13.2 Å². The Balaban J connectivity index is 1.91. The molecular formula is C17H17ClF3N5O. The average molecular weight is 400 g/mol. The van der Waals surface area contributed by atoms with Crippen molar-refractivity contribution in [3.8, 4) is 0 Å². The van der Waals surface area contributed by atoms with E-state index in [0.29, 0.717) is 21.6 Å². The monoisotopic (exact) mass is 399 g/mol. The first-order valence-electron chi connectivity index (χ1n) is 8.16. The van der Waals surface area contributed by atoms with Gasteiger partial charge >= 0.3 is 6.18 Å². The lowest BCUT2D eigenvalue weighted by Crippen LogP contribution is -2.38. The maximum atomic E-state index is 13.0. The number of para-hydroxylation sites is 1. The number of fused-ring (bicyclic) bond motifs is 1. The second-order valence-corrected chi connectivity index (χ2v) is 6.77. The number of aromatic amines is 1. The topological polar surface area (TPSA) is 73.4 Å². The molecule has 0 aliphatic carbocycles. The van der Waals surface area contributed by atoms with Crippen LogP contribution >= 0.6 is 11.6 Å². The number of nitrogens with zero attached hydrogens (tertiary/aromatic N) is 3. The molecule has 3 rings (SSSR count). The Hall–Kier alpha value is -2.55. The zero-order valence-electron chi connectivity index (χ0n) is 14.6.